The topological polar surface area (TPSA) is 83.8 Å². The van der Waals surface area contributed by atoms with Gasteiger partial charge in [0.15, 0.2) is 5.82 Å². The number of halogens is 1. The lowest BCUT2D eigenvalue weighted by Gasteiger charge is -2.01. The first-order chi connectivity index (χ1) is 13.9. The van der Waals surface area contributed by atoms with Crippen molar-refractivity contribution < 1.29 is 9.90 Å². The van der Waals surface area contributed by atoms with Crippen LogP contribution in [0.15, 0.2) is 58.6 Å². The molecule has 0 aliphatic rings. The summed E-state index contributed by atoms with van der Waals surface area (Å²) in [6.45, 7) is 1.97. The van der Waals surface area contributed by atoms with E-state index in [1.807, 2.05) is 50.4 Å². The molecule has 0 bridgehead atoms. The monoisotopic (exact) mass is 424 g/mol. The number of aromatic amines is 1. The van der Waals surface area contributed by atoms with Crippen molar-refractivity contribution in [1.82, 2.24) is 19.7 Å². The largest absolute Gasteiger partial charge is 0.477 e. The molecular formula is C21H17ClN4O2S. The van der Waals surface area contributed by atoms with Crippen LogP contribution in [0.3, 0.4) is 0 Å². The average molecular weight is 425 g/mol. The number of H-pyrrole nitrogens is 1. The van der Waals surface area contributed by atoms with Gasteiger partial charge in [0.1, 0.15) is 4.91 Å². The number of aliphatic carboxylic acids is 1. The molecule has 0 radical (unpaired) electrons. The summed E-state index contributed by atoms with van der Waals surface area (Å²) in [5.41, 5.74) is 3.73. The predicted molar refractivity (Wildman–Crippen MR) is 116 cm³/mol. The zero-order valence-corrected chi connectivity index (χ0v) is 17.3. The van der Waals surface area contributed by atoms with E-state index >= 15 is 0 Å². The Morgan fingerprint density at radius 2 is 1.93 bits per heavy atom. The van der Waals surface area contributed by atoms with Gasteiger partial charge < -0.3 is 9.67 Å². The molecule has 2 heterocycles. The number of benzene rings is 2. The summed E-state index contributed by atoms with van der Waals surface area (Å²) in [4.78, 5) is 16.5. The third kappa shape index (κ3) is 3.79. The first-order valence-corrected chi connectivity index (χ1v) is 9.98. The number of fused-ring (bicyclic) bond motifs is 1. The van der Waals surface area contributed by atoms with Gasteiger partial charge in [-0.1, -0.05) is 29.8 Å². The van der Waals surface area contributed by atoms with Crippen LogP contribution in [0.25, 0.3) is 28.4 Å². The average Bonchev–Trinajstić information content (AvgIpc) is 3.27. The summed E-state index contributed by atoms with van der Waals surface area (Å²) < 4.78 is 2.05. The number of carboxylic acid groups (broad SMARTS) is 1. The Bertz CT molecular complexity index is 1240. The van der Waals surface area contributed by atoms with Crippen LogP contribution >= 0.6 is 23.4 Å². The number of carboxylic acids is 1. The maximum atomic E-state index is 11.9. The summed E-state index contributed by atoms with van der Waals surface area (Å²) in [6.07, 6.45) is 1.68. The zero-order valence-electron chi connectivity index (χ0n) is 15.7. The fourth-order valence-corrected chi connectivity index (χ4v) is 3.94. The Balaban J connectivity index is 1.69. The summed E-state index contributed by atoms with van der Waals surface area (Å²) in [6, 6.07) is 15.1. The van der Waals surface area contributed by atoms with Crippen LogP contribution in [0.5, 0.6) is 0 Å². The van der Waals surface area contributed by atoms with E-state index in [4.69, 9.17) is 11.6 Å². The molecule has 0 atom stereocenters. The minimum absolute atomic E-state index is 0.145. The number of hydrogen-bond acceptors (Lipinski definition) is 4. The van der Waals surface area contributed by atoms with Crippen molar-refractivity contribution in [1.29, 1.82) is 0 Å². The highest BCUT2D eigenvalue weighted by Crippen LogP contribution is 2.32. The second kappa shape index (κ2) is 7.77. The number of carbonyl (C=O) groups is 1. The van der Waals surface area contributed by atoms with Gasteiger partial charge in [-0.15, -0.1) is 5.10 Å². The van der Waals surface area contributed by atoms with Gasteiger partial charge in [0.2, 0.25) is 5.16 Å². The summed E-state index contributed by atoms with van der Waals surface area (Å²) >= 11 is 6.93. The van der Waals surface area contributed by atoms with Gasteiger partial charge in [-0.05, 0) is 55.1 Å². The Hall–Kier alpha value is -3.03. The fraction of sp³-hybridized carbons (Fsp3) is 0.0952. The van der Waals surface area contributed by atoms with Crippen molar-refractivity contribution in [2.24, 2.45) is 7.05 Å². The molecule has 0 spiro atoms. The van der Waals surface area contributed by atoms with Gasteiger partial charge in [0.05, 0.1) is 0 Å². The van der Waals surface area contributed by atoms with Crippen LogP contribution in [-0.4, -0.2) is 30.8 Å². The molecule has 146 valence electrons. The van der Waals surface area contributed by atoms with Gasteiger partial charge in [-0.3, -0.25) is 5.10 Å². The van der Waals surface area contributed by atoms with Crippen LogP contribution < -0.4 is 0 Å². The van der Waals surface area contributed by atoms with Crippen LogP contribution in [0.1, 0.15) is 11.3 Å². The Kier molecular flexibility index (Phi) is 5.17. The molecule has 0 saturated carbocycles. The zero-order chi connectivity index (χ0) is 20.5. The van der Waals surface area contributed by atoms with Crippen molar-refractivity contribution in [2.75, 3.05) is 0 Å². The molecule has 2 aromatic heterocycles. The molecule has 0 aliphatic carbocycles. The van der Waals surface area contributed by atoms with Crippen LogP contribution in [0, 0.1) is 6.92 Å². The number of nitrogens with one attached hydrogen (secondary N) is 1. The van der Waals surface area contributed by atoms with Gasteiger partial charge in [0, 0.05) is 39.8 Å². The molecule has 8 heteroatoms. The minimum atomic E-state index is -1.03. The maximum absolute atomic E-state index is 11.9. The SMILES string of the molecule is Cc1c(/C=C(\Sc2n[nH]c(-c3ccc(Cl)cc3)n2)C(=O)O)c2ccccc2n1C. The lowest BCUT2D eigenvalue weighted by molar-refractivity contribution is -0.131. The van der Waals surface area contributed by atoms with E-state index in [-0.39, 0.29) is 4.91 Å². The highest BCUT2D eigenvalue weighted by Gasteiger charge is 2.17. The van der Waals surface area contributed by atoms with E-state index in [9.17, 15) is 9.90 Å². The number of hydrogen-bond donors (Lipinski definition) is 2. The molecule has 0 aliphatic heterocycles. The number of aromatic nitrogens is 4. The highest BCUT2D eigenvalue weighted by atomic mass is 35.5. The number of nitrogens with zero attached hydrogens (tertiary/aromatic N) is 3. The smallest absolute Gasteiger partial charge is 0.342 e. The Morgan fingerprint density at radius 3 is 2.66 bits per heavy atom. The number of aryl methyl sites for hydroxylation is 1. The third-order valence-electron chi connectivity index (χ3n) is 4.72. The molecule has 0 saturated heterocycles. The number of para-hydroxylation sites is 1. The molecule has 4 rings (SSSR count). The van der Waals surface area contributed by atoms with Crippen LogP contribution in [0.2, 0.25) is 5.02 Å². The second-order valence-electron chi connectivity index (χ2n) is 6.46. The van der Waals surface area contributed by atoms with Crippen molar-refractivity contribution >= 4 is 46.3 Å². The molecule has 0 unspecified atom stereocenters. The summed E-state index contributed by atoms with van der Waals surface area (Å²) in [5, 5.41) is 18.7. The van der Waals surface area contributed by atoms with Gasteiger partial charge in [0.25, 0.3) is 0 Å². The van der Waals surface area contributed by atoms with E-state index in [2.05, 4.69) is 19.7 Å². The van der Waals surface area contributed by atoms with E-state index in [0.717, 1.165) is 39.5 Å². The lowest BCUT2D eigenvalue weighted by atomic mass is 10.1. The Morgan fingerprint density at radius 1 is 1.21 bits per heavy atom. The van der Waals surface area contributed by atoms with Gasteiger partial charge >= 0.3 is 5.97 Å². The standard InChI is InChI=1S/C21H17ClN4O2S/c1-12-16(15-5-3-4-6-17(15)26(12)2)11-18(20(27)28)29-21-23-19(24-25-21)13-7-9-14(22)10-8-13/h3-11H,1-2H3,(H,27,28)(H,23,24,25)/b18-11-. The number of thioether (sulfide) groups is 1. The molecule has 29 heavy (non-hydrogen) atoms. The molecule has 0 amide bonds. The minimum Gasteiger partial charge on any atom is -0.477 e. The fourth-order valence-electron chi connectivity index (χ4n) is 3.13. The van der Waals surface area contributed by atoms with E-state index in [1.54, 1.807) is 18.2 Å². The predicted octanol–water partition coefficient (Wildman–Crippen LogP) is 5.14. The highest BCUT2D eigenvalue weighted by molar-refractivity contribution is 8.04. The quantitative estimate of drug-likeness (QED) is 0.342. The maximum Gasteiger partial charge on any atom is 0.342 e. The van der Waals surface area contributed by atoms with E-state index < -0.39 is 5.97 Å². The molecule has 0 fully saturated rings. The lowest BCUT2D eigenvalue weighted by Crippen LogP contribution is -1.98. The number of rotatable bonds is 5. The van der Waals surface area contributed by atoms with Crippen molar-refractivity contribution in [3.63, 3.8) is 0 Å². The van der Waals surface area contributed by atoms with E-state index in [0.29, 0.717) is 16.0 Å². The van der Waals surface area contributed by atoms with Crippen molar-refractivity contribution in [2.45, 2.75) is 12.1 Å². The van der Waals surface area contributed by atoms with Gasteiger partial charge in [-0.25, -0.2) is 9.78 Å². The normalized spacial score (nSPS) is 11.9. The van der Waals surface area contributed by atoms with Gasteiger partial charge in [-0.2, -0.15) is 0 Å². The van der Waals surface area contributed by atoms with E-state index in [1.165, 1.54) is 0 Å². The second-order valence-corrected chi connectivity index (χ2v) is 7.91. The van der Waals surface area contributed by atoms with Crippen molar-refractivity contribution in [3.8, 4) is 11.4 Å². The van der Waals surface area contributed by atoms with Crippen LogP contribution in [0.4, 0.5) is 0 Å². The molecule has 2 aromatic carbocycles. The third-order valence-corrected chi connectivity index (χ3v) is 5.85. The molecule has 4 aromatic rings. The molecular weight excluding hydrogens is 408 g/mol. The first-order valence-electron chi connectivity index (χ1n) is 8.79. The Labute approximate surface area is 176 Å². The summed E-state index contributed by atoms with van der Waals surface area (Å²) in [7, 11) is 1.97. The van der Waals surface area contributed by atoms with Crippen LogP contribution in [-0.2, 0) is 11.8 Å². The molecule has 2 N–H and O–H groups in total. The molecule has 6 nitrogen and oxygen atoms in total. The van der Waals surface area contributed by atoms with Crippen molar-refractivity contribution in [3.05, 3.63) is 69.7 Å². The first kappa shape index (κ1) is 19.3. The summed E-state index contributed by atoms with van der Waals surface area (Å²) in [5.74, 6) is -0.476.